The molecule has 1 N–H and O–H groups in total. The summed E-state index contributed by atoms with van der Waals surface area (Å²) in [5.74, 6) is 0.221. The number of imide groups is 2. The van der Waals surface area contributed by atoms with Crippen molar-refractivity contribution >= 4 is 29.3 Å². The van der Waals surface area contributed by atoms with E-state index >= 15 is 0 Å². The van der Waals surface area contributed by atoms with Crippen LogP contribution in [0.25, 0.3) is 5.65 Å². The third kappa shape index (κ3) is 3.91. The van der Waals surface area contributed by atoms with Crippen LogP contribution in [0.3, 0.4) is 0 Å². The molecule has 7 rings (SSSR count). The van der Waals surface area contributed by atoms with Crippen LogP contribution in [0.5, 0.6) is 11.5 Å². The Bertz CT molecular complexity index is 1890. The molecule has 4 aromatic rings. The zero-order valence-corrected chi connectivity index (χ0v) is 23.7. The summed E-state index contributed by atoms with van der Waals surface area (Å²) in [5, 5.41) is 2.48. The first-order chi connectivity index (χ1) is 20.9. The van der Waals surface area contributed by atoms with Gasteiger partial charge in [-0.1, -0.05) is 36.4 Å². The average Bonchev–Trinajstić information content (AvgIpc) is 3.03. The number of carbonyl (C=O) groups is 3. The van der Waals surface area contributed by atoms with Crippen LogP contribution in [0.15, 0.2) is 71.7 Å². The van der Waals surface area contributed by atoms with Crippen LogP contribution < -0.4 is 25.2 Å². The summed E-state index contributed by atoms with van der Waals surface area (Å²) in [5.41, 5.74) is 1.29. The van der Waals surface area contributed by atoms with Gasteiger partial charge in [0.1, 0.15) is 11.5 Å². The van der Waals surface area contributed by atoms with Crippen molar-refractivity contribution in [1.82, 2.24) is 19.6 Å². The van der Waals surface area contributed by atoms with Crippen molar-refractivity contribution < 1.29 is 23.9 Å². The first-order valence-corrected chi connectivity index (χ1v) is 14.1. The Morgan fingerprint density at radius 1 is 0.977 bits per heavy atom. The Balaban J connectivity index is 1.35. The molecule has 0 radical (unpaired) electrons. The maximum absolute atomic E-state index is 14.7. The number of nitrogens with zero attached hydrogens (tertiary/aromatic N) is 4. The van der Waals surface area contributed by atoms with Gasteiger partial charge in [0.2, 0.25) is 11.8 Å². The van der Waals surface area contributed by atoms with E-state index in [4.69, 9.17) is 14.5 Å². The lowest BCUT2D eigenvalue weighted by molar-refractivity contribution is -0.154. The van der Waals surface area contributed by atoms with Crippen LogP contribution in [0, 0.1) is 5.41 Å². The summed E-state index contributed by atoms with van der Waals surface area (Å²) in [7, 11) is 3.08. The number of aromatic nitrogens is 2. The van der Waals surface area contributed by atoms with Crippen LogP contribution in [0.1, 0.15) is 28.3 Å². The summed E-state index contributed by atoms with van der Waals surface area (Å²) in [6.07, 6.45) is 2.40. The molecule has 2 aromatic carbocycles. The molecular weight excluding hydrogens is 550 g/mol. The van der Waals surface area contributed by atoms with Crippen molar-refractivity contribution in [3.05, 3.63) is 99.5 Å². The van der Waals surface area contributed by atoms with Gasteiger partial charge >= 0.3 is 6.03 Å². The lowest BCUT2D eigenvalue weighted by Gasteiger charge is -2.53. The van der Waals surface area contributed by atoms with Gasteiger partial charge in [0.05, 0.1) is 25.8 Å². The monoisotopic (exact) mass is 579 g/mol. The molecule has 4 amide bonds. The molecule has 1 saturated heterocycles. The SMILES string of the molecule is COc1ccc(CCN2C(=O)NC(=O)C3(Cc4c(nc5ccccn5c4=O)N4CCc5ccccc5C43)C2=O)cc1OC. The third-order valence-electron chi connectivity index (χ3n) is 8.85. The highest BCUT2D eigenvalue weighted by atomic mass is 16.5. The Labute approximate surface area is 246 Å². The first-order valence-electron chi connectivity index (χ1n) is 14.1. The molecule has 11 nitrogen and oxygen atoms in total. The number of anilines is 1. The molecule has 0 aliphatic carbocycles. The van der Waals surface area contributed by atoms with E-state index in [9.17, 15) is 19.2 Å². The van der Waals surface area contributed by atoms with Crippen molar-refractivity contribution in [3.8, 4) is 11.5 Å². The molecule has 5 heterocycles. The largest absolute Gasteiger partial charge is 0.493 e. The Kier molecular flexibility index (Phi) is 6.19. The van der Waals surface area contributed by atoms with E-state index in [0.717, 1.165) is 21.6 Å². The number of benzene rings is 2. The summed E-state index contributed by atoms with van der Waals surface area (Å²) in [4.78, 5) is 63.6. The summed E-state index contributed by atoms with van der Waals surface area (Å²) < 4.78 is 12.2. The maximum Gasteiger partial charge on any atom is 0.330 e. The highest BCUT2D eigenvalue weighted by molar-refractivity contribution is 6.20. The zero-order chi connectivity index (χ0) is 29.9. The average molecular weight is 580 g/mol. The predicted octanol–water partition coefficient (Wildman–Crippen LogP) is 2.68. The van der Waals surface area contributed by atoms with Gasteiger partial charge in [-0.25, -0.2) is 9.78 Å². The number of barbiturate groups is 1. The van der Waals surface area contributed by atoms with Crippen molar-refractivity contribution in [3.63, 3.8) is 0 Å². The van der Waals surface area contributed by atoms with Gasteiger partial charge in [-0.05, 0) is 53.8 Å². The van der Waals surface area contributed by atoms with Gasteiger partial charge in [-0.2, -0.15) is 0 Å². The number of methoxy groups -OCH3 is 2. The number of nitrogens with one attached hydrogen (secondary N) is 1. The molecule has 2 unspecified atom stereocenters. The number of pyridine rings is 1. The number of rotatable bonds is 5. The van der Waals surface area contributed by atoms with E-state index in [-0.39, 0.29) is 24.1 Å². The van der Waals surface area contributed by atoms with Gasteiger partial charge in [0.15, 0.2) is 16.9 Å². The fourth-order valence-corrected chi connectivity index (χ4v) is 6.79. The molecule has 3 aliphatic rings. The fourth-order valence-electron chi connectivity index (χ4n) is 6.79. The van der Waals surface area contributed by atoms with Crippen LogP contribution in [0.2, 0.25) is 0 Å². The van der Waals surface area contributed by atoms with Crippen molar-refractivity contribution in [1.29, 1.82) is 0 Å². The van der Waals surface area contributed by atoms with E-state index in [1.54, 1.807) is 37.6 Å². The zero-order valence-electron chi connectivity index (χ0n) is 23.7. The van der Waals surface area contributed by atoms with E-state index in [0.29, 0.717) is 42.4 Å². The van der Waals surface area contributed by atoms with E-state index in [2.05, 4.69) is 5.32 Å². The predicted molar refractivity (Wildman–Crippen MR) is 156 cm³/mol. The second kappa shape index (κ2) is 9.97. The fraction of sp³-hybridized carbons (Fsp3) is 0.281. The lowest BCUT2D eigenvalue weighted by Crippen LogP contribution is -2.70. The number of ether oxygens (including phenoxy) is 2. The standard InChI is InChI=1S/C32H29N5O6/c1-42-23-11-10-19(17-24(23)43-2)12-15-37-30(40)32(29(39)34-31(37)41)18-22-27(33-25-9-5-6-14-35(25)28(22)38)36-16-13-20-7-3-4-8-21(20)26(32)36/h3-11,14,17,26H,12-13,15-16,18H2,1-2H3,(H,34,39,41). The van der Waals surface area contributed by atoms with Gasteiger partial charge in [0.25, 0.3) is 5.56 Å². The minimum atomic E-state index is -1.76. The molecule has 1 spiro atoms. The molecular formula is C32H29N5O6. The molecule has 218 valence electrons. The number of carbonyl (C=O) groups excluding carboxylic acids is 3. The first kappa shape index (κ1) is 26.7. The number of amides is 4. The normalized spacial score (nSPS) is 20.9. The van der Waals surface area contributed by atoms with Gasteiger partial charge in [0, 0.05) is 25.7 Å². The third-order valence-corrected chi connectivity index (χ3v) is 8.85. The van der Waals surface area contributed by atoms with Crippen molar-refractivity contribution in [2.24, 2.45) is 5.41 Å². The Hall–Kier alpha value is -5.19. The van der Waals surface area contributed by atoms with Crippen molar-refractivity contribution in [2.75, 3.05) is 32.2 Å². The summed E-state index contributed by atoms with van der Waals surface area (Å²) in [6, 6.07) is 16.8. The highest BCUT2D eigenvalue weighted by Gasteiger charge is 2.64. The Morgan fingerprint density at radius 3 is 2.58 bits per heavy atom. The highest BCUT2D eigenvalue weighted by Crippen LogP contribution is 2.52. The topological polar surface area (TPSA) is 123 Å². The van der Waals surface area contributed by atoms with Crippen LogP contribution in [-0.2, 0) is 28.9 Å². The summed E-state index contributed by atoms with van der Waals surface area (Å²) >= 11 is 0. The smallest absolute Gasteiger partial charge is 0.330 e. The molecule has 1 fully saturated rings. The molecule has 43 heavy (non-hydrogen) atoms. The van der Waals surface area contributed by atoms with Gasteiger partial charge < -0.3 is 14.4 Å². The van der Waals surface area contributed by atoms with Crippen LogP contribution in [-0.4, -0.2) is 59.4 Å². The number of urea groups is 1. The van der Waals surface area contributed by atoms with Crippen LogP contribution >= 0.6 is 0 Å². The maximum atomic E-state index is 14.7. The van der Waals surface area contributed by atoms with Gasteiger partial charge in [-0.3, -0.25) is 29.0 Å². The molecule has 3 aliphatic heterocycles. The minimum absolute atomic E-state index is 0.0192. The molecule has 11 heteroatoms. The van der Waals surface area contributed by atoms with E-state index in [1.165, 1.54) is 11.5 Å². The second-order valence-corrected chi connectivity index (χ2v) is 11.0. The molecule has 2 atom stereocenters. The quantitative estimate of drug-likeness (QED) is 0.358. The minimum Gasteiger partial charge on any atom is -0.493 e. The lowest BCUT2D eigenvalue weighted by atomic mass is 9.65. The number of hydrogen-bond donors (Lipinski definition) is 1. The second-order valence-electron chi connectivity index (χ2n) is 11.0. The van der Waals surface area contributed by atoms with Gasteiger partial charge in [-0.15, -0.1) is 0 Å². The van der Waals surface area contributed by atoms with E-state index in [1.807, 2.05) is 41.3 Å². The molecule has 2 aromatic heterocycles. The van der Waals surface area contributed by atoms with Crippen molar-refractivity contribution in [2.45, 2.75) is 25.3 Å². The van der Waals surface area contributed by atoms with Crippen LogP contribution in [0.4, 0.5) is 10.6 Å². The Morgan fingerprint density at radius 2 is 1.77 bits per heavy atom. The number of hydrogen-bond acceptors (Lipinski definition) is 8. The molecule has 0 bridgehead atoms. The number of fused-ring (bicyclic) bond motifs is 7. The van der Waals surface area contributed by atoms with E-state index < -0.39 is 29.3 Å². The summed E-state index contributed by atoms with van der Waals surface area (Å²) in [6.45, 7) is 0.470. The molecule has 0 saturated carbocycles.